The second-order valence-electron chi connectivity index (χ2n) is 11.0. The Bertz CT molecular complexity index is 1170. The number of ether oxygens (including phenoxy) is 2. The van der Waals surface area contributed by atoms with E-state index in [4.69, 9.17) is 9.47 Å². The fourth-order valence-corrected chi connectivity index (χ4v) is 7.13. The molecule has 0 unspecified atom stereocenters. The number of barbiturate groups is 1. The zero-order chi connectivity index (χ0) is 26.7. The van der Waals surface area contributed by atoms with E-state index >= 15 is 0 Å². The van der Waals surface area contributed by atoms with Crippen LogP contribution < -0.4 is 20.1 Å². The SMILES string of the molecule is C=CCC1(C(C)C)C(=O)NC(=O)NC1=O.COc1ccc2c3c1O[C@H]1[C@@H](O)C=C[C@H]4[C@@H](C2)N(C)CC[C@@]341. The Labute approximate surface area is 216 Å². The fraction of sp³-hybridized carbons (Fsp3) is 0.536. The van der Waals surface area contributed by atoms with Crippen molar-refractivity contribution in [2.75, 3.05) is 20.7 Å². The predicted molar refractivity (Wildman–Crippen MR) is 136 cm³/mol. The number of carbonyl (C=O) groups is 3. The number of methoxy groups -OCH3 is 1. The van der Waals surface area contributed by atoms with Gasteiger partial charge in [0.2, 0.25) is 11.8 Å². The molecule has 0 saturated carbocycles. The van der Waals surface area contributed by atoms with E-state index in [-0.39, 0.29) is 23.9 Å². The van der Waals surface area contributed by atoms with Gasteiger partial charge in [-0.1, -0.05) is 38.1 Å². The number of aliphatic hydroxyl groups is 1. The summed E-state index contributed by atoms with van der Waals surface area (Å²) in [6.07, 6.45) is 7.26. The van der Waals surface area contributed by atoms with Gasteiger partial charge < -0.3 is 19.5 Å². The predicted octanol–water partition coefficient (Wildman–Crippen LogP) is 2.07. The van der Waals surface area contributed by atoms with E-state index in [1.54, 1.807) is 21.0 Å². The number of amides is 4. The standard InChI is InChI=1S/C18H21NO3.C10H14N2O3/c1-19-8-7-18-11-4-5-13(20)17(18)22-16-14(21-2)6-3-10(15(16)18)9-12(11)19;1-4-5-10(6(2)3)7(13)11-9(15)12-8(10)14/h3-6,11-13,17,20H,7-9H2,1-2H3;4,6H,1,5H2,2-3H3,(H2,11,12,13,14,15)/t11-,12+,13-,17-,18-;/m0./s1. The lowest BCUT2D eigenvalue weighted by Gasteiger charge is -2.56. The minimum Gasteiger partial charge on any atom is -0.493 e. The minimum absolute atomic E-state index is 0.0806. The molecule has 0 aromatic heterocycles. The molecule has 2 saturated heterocycles. The summed E-state index contributed by atoms with van der Waals surface area (Å²) in [4.78, 5) is 36.8. The number of benzene rings is 1. The molecule has 3 heterocycles. The van der Waals surface area contributed by atoms with Gasteiger partial charge in [0, 0.05) is 22.9 Å². The van der Waals surface area contributed by atoms with Crippen molar-refractivity contribution < 1.29 is 29.0 Å². The van der Waals surface area contributed by atoms with Crippen LogP contribution in [0.2, 0.25) is 0 Å². The number of aliphatic hydroxyl groups excluding tert-OH is 1. The highest BCUT2D eigenvalue weighted by atomic mass is 16.5. The van der Waals surface area contributed by atoms with Crippen LogP contribution in [0.5, 0.6) is 11.5 Å². The van der Waals surface area contributed by atoms with Crippen molar-refractivity contribution in [3.8, 4) is 11.5 Å². The second-order valence-corrected chi connectivity index (χ2v) is 11.0. The van der Waals surface area contributed by atoms with Crippen LogP contribution in [-0.4, -0.2) is 66.8 Å². The molecule has 5 aliphatic rings. The summed E-state index contributed by atoms with van der Waals surface area (Å²) in [7, 11) is 3.91. The molecule has 5 atom stereocenters. The van der Waals surface area contributed by atoms with E-state index in [2.05, 4.69) is 41.3 Å². The summed E-state index contributed by atoms with van der Waals surface area (Å²) in [6, 6.07) is 3.94. The van der Waals surface area contributed by atoms with E-state index in [9.17, 15) is 19.5 Å². The Morgan fingerprint density at radius 1 is 1.24 bits per heavy atom. The van der Waals surface area contributed by atoms with E-state index in [0.717, 1.165) is 30.9 Å². The van der Waals surface area contributed by atoms with Gasteiger partial charge in [-0.05, 0) is 50.4 Å². The molecule has 9 nitrogen and oxygen atoms in total. The van der Waals surface area contributed by atoms with Crippen LogP contribution in [0.4, 0.5) is 4.79 Å². The van der Waals surface area contributed by atoms with E-state index in [1.807, 2.05) is 12.1 Å². The molecule has 37 heavy (non-hydrogen) atoms. The van der Waals surface area contributed by atoms with Crippen molar-refractivity contribution in [2.45, 2.75) is 56.8 Å². The lowest BCUT2D eigenvalue weighted by molar-refractivity contribution is -0.147. The number of urea groups is 1. The zero-order valence-corrected chi connectivity index (χ0v) is 21.7. The van der Waals surface area contributed by atoms with Crippen LogP contribution in [0, 0.1) is 17.3 Å². The number of nitrogens with one attached hydrogen (secondary N) is 2. The Balaban J connectivity index is 0.000000165. The van der Waals surface area contributed by atoms with Gasteiger partial charge in [0.25, 0.3) is 0 Å². The number of hydrogen-bond donors (Lipinski definition) is 3. The zero-order valence-electron chi connectivity index (χ0n) is 21.7. The molecule has 1 aromatic rings. The van der Waals surface area contributed by atoms with E-state index in [1.165, 1.54) is 17.2 Å². The molecule has 1 aromatic carbocycles. The van der Waals surface area contributed by atoms with Crippen LogP contribution in [0.3, 0.4) is 0 Å². The average Bonchev–Trinajstić information content (AvgIpc) is 3.20. The van der Waals surface area contributed by atoms with Gasteiger partial charge >= 0.3 is 6.03 Å². The second kappa shape index (κ2) is 8.99. The maximum absolute atomic E-state index is 11.7. The van der Waals surface area contributed by atoms with Crippen LogP contribution in [-0.2, 0) is 21.4 Å². The van der Waals surface area contributed by atoms with Crippen molar-refractivity contribution in [3.63, 3.8) is 0 Å². The first-order valence-electron chi connectivity index (χ1n) is 12.8. The number of allylic oxidation sites excluding steroid dienone is 1. The lowest BCUT2D eigenvalue weighted by atomic mass is 9.53. The third kappa shape index (κ3) is 3.47. The average molecular weight is 510 g/mol. The van der Waals surface area contributed by atoms with Gasteiger partial charge in [-0.3, -0.25) is 20.2 Å². The highest BCUT2D eigenvalue weighted by molar-refractivity contribution is 6.19. The van der Waals surface area contributed by atoms with Gasteiger partial charge in [0.05, 0.1) is 7.11 Å². The summed E-state index contributed by atoms with van der Waals surface area (Å²) in [5.41, 5.74) is 1.39. The number of rotatable bonds is 4. The maximum Gasteiger partial charge on any atom is 0.328 e. The first-order valence-corrected chi connectivity index (χ1v) is 12.8. The van der Waals surface area contributed by atoms with Gasteiger partial charge in [-0.25, -0.2) is 4.79 Å². The highest BCUT2D eigenvalue weighted by Crippen LogP contribution is 2.62. The number of imide groups is 2. The third-order valence-corrected chi connectivity index (χ3v) is 9.07. The largest absolute Gasteiger partial charge is 0.493 e. The van der Waals surface area contributed by atoms with E-state index in [0.29, 0.717) is 12.0 Å². The van der Waals surface area contributed by atoms with Gasteiger partial charge in [0.15, 0.2) is 11.5 Å². The molecule has 6 rings (SSSR count). The normalized spacial score (nSPS) is 32.4. The highest BCUT2D eigenvalue weighted by Gasteiger charge is 2.64. The molecule has 2 fully saturated rings. The molecule has 2 bridgehead atoms. The van der Waals surface area contributed by atoms with Crippen molar-refractivity contribution in [2.24, 2.45) is 17.3 Å². The number of likely N-dealkylation sites (tertiary alicyclic amines) is 1. The molecule has 0 radical (unpaired) electrons. The summed E-state index contributed by atoms with van der Waals surface area (Å²) in [5.74, 6) is 0.785. The summed E-state index contributed by atoms with van der Waals surface area (Å²) < 4.78 is 11.8. The number of likely N-dealkylation sites (N-methyl/N-ethyl adjacent to an activating group) is 1. The number of hydrogen-bond acceptors (Lipinski definition) is 7. The molecule has 2 aliphatic carbocycles. The lowest BCUT2D eigenvalue weighted by Crippen LogP contribution is -2.64. The van der Waals surface area contributed by atoms with Gasteiger partial charge in [-0.2, -0.15) is 0 Å². The smallest absolute Gasteiger partial charge is 0.328 e. The minimum atomic E-state index is -1.21. The number of piperidine rings is 1. The molecular formula is C28H35N3O6. The van der Waals surface area contributed by atoms with Gasteiger partial charge in [0.1, 0.15) is 17.6 Å². The first kappa shape index (κ1) is 25.5. The number of nitrogens with zero attached hydrogens (tertiary/aromatic N) is 1. The Morgan fingerprint density at radius 2 is 1.95 bits per heavy atom. The summed E-state index contributed by atoms with van der Waals surface area (Å²) in [5, 5.41) is 14.8. The molecule has 3 N–H and O–H groups in total. The van der Waals surface area contributed by atoms with Crippen molar-refractivity contribution in [1.29, 1.82) is 0 Å². The molecule has 9 heteroatoms. The van der Waals surface area contributed by atoms with E-state index < -0.39 is 29.4 Å². The first-order chi connectivity index (χ1) is 17.6. The fourth-order valence-electron chi connectivity index (χ4n) is 7.13. The van der Waals surface area contributed by atoms with Crippen molar-refractivity contribution in [1.82, 2.24) is 15.5 Å². The molecule has 3 aliphatic heterocycles. The Hall–Kier alpha value is -3.17. The maximum atomic E-state index is 11.7. The Morgan fingerprint density at radius 3 is 2.57 bits per heavy atom. The quantitative estimate of drug-likeness (QED) is 0.420. The number of carbonyl (C=O) groups excluding carboxylic acids is 3. The monoisotopic (exact) mass is 509 g/mol. The van der Waals surface area contributed by atoms with Crippen LogP contribution >= 0.6 is 0 Å². The summed E-state index contributed by atoms with van der Waals surface area (Å²) >= 11 is 0. The molecular weight excluding hydrogens is 474 g/mol. The molecule has 4 amide bonds. The van der Waals surface area contributed by atoms with Crippen LogP contribution in [0.15, 0.2) is 36.9 Å². The van der Waals surface area contributed by atoms with Gasteiger partial charge in [-0.15, -0.1) is 6.58 Å². The third-order valence-electron chi connectivity index (χ3n) is 9.07. The molecule has 1 spiro atoms. The topological polar surface area (TPSA) is 117 Å². The Kier molecular flexibility index (Phi) is 6.19. The summed E-state index contributed by atoms with van der Waals surface area (Å²) in [6.45, 7) is 8.10. The van der Waals surface area contributed by atoms with Crippen molar-refractivity contribution >= 4 is 17.8 Å². The molecule has 198 valence electrons. The van der Waals surface area contributed by atoms with Crippen LogP contribution in [0.25, 0.3) is 0 Å². The van der Waals surface area contributed by atoms with Crippen LogP contribution in [0.1, 0.15) is 37.8 Å². The van der Waals surface area contributed by atoms with Crippen molar-refractivity contribution in [3.05, 3.63) is 48.1 Å².